The van der Waals surface area contributed by atoms with E-state index in [1.807, 2.05) is 4.68 Å². The lowest BCUT2D eigenvalue weighted by Crippen LogP contribution is -2.39. The minimum Gasteiger partial charge on any atom is -0.353 e. The van der Waals surface area contributed by atoms with Gasteiger partial charge in [0.15, 0.2) is 5.82 Å². The van der Waals surface area contributed by atoms with E-state index < -0.39 is 0 Å². The van der Waals surface area contributed by atoms with Crippen molar-refractivity contribution in [1.29, 1.82) is 0 Å². The SMILES string of the molecule is Cc1noc(CSCC(=O)NC2CCC(n3cncn3)CC2)n1. The minimum absolute atomic E-state index is 0.0652. The Morgan fingerprint density at radius 1 is 1.43 bits per heavy atom. The van der Waals surface area contributed by atoms with Crippen LogP contribution in [-0.4, -0.2) is 42.6 Å². The highest BCUT2D eigenvalue weighted by Gasteiger charge is 2.23. The Morgan fingerprint density at radius 2 is 2.26 bits per heavy atom. The first-order valence-electron chi connectivity index (χ1n) is 7.71. The van der Waals surface area contributed by atoms with Gasteiger partial charge < -0.3 is 9.84 Å². The summed E-state index contributed by atoms with van der Waals surface area (Å²) in [4.78, 5) is 20.1. The fraction of sp³-hybridized carbons (Fsp3) is 0.643. The van der Waals surface area contributed by atoms with Crippen LogP contribution in [0.25, 0.3) is 0 Å². The van der Waals surface area contributed by atoms with Crippen LogP contribution in [0.2, 0.25) is 0 Å². The van der Waals surface area contributed by atoms with E-state index in [0.29, 0.717) is 29.3 Å². The number of nitrogens with one attached hydrogen (secondary N) is 1. The summed E-state index contributed by atoms with van der Waals surface area (Å²) in [7, 11) is 0. The third kappa shape index (κ3) is 4.54. The number of nitrogens with zero attached hydrogens (tertiary/aromatic N) is 5. The van der Waals surface area contributed by atoms with Gasteiger partial charge in [-0.25, -0.2) is 9.67 Å². The van der Waals surface area contributed by atoms with Crippen molar-refractivity contribution in [3.05, 3.63) is 24.4 Å². The van der Waals surface area contributed by atoms with E-state index in [9.17, 15) is 4.79 Å². The maximum atomic E-state index is 12.0. The van der Waals surface area contributed by atoms with Crippen molar-refractivity contribution in [2.75, 3.05) is 5.75 Å². The third-order valence-corrected chi connectivity index (χ3v) is 4.82. The third-order valence-electron chi connectivity index (χ3n) is 3.90. The Kier molecular flexibility index (Phi) is 5.27. The highest BCUT2D eigenvalue weighted by Crippen LogP contribution is 2.27. The van der Waals surface area contributed by atoms with E-state index >= 15 is 0 Å². The van der Waals surface area contributed by atoms with E-state index in [1.165, 1.54) is 11.8 Å². The molecule has 3 rings (SSSR count). The molecular weight excluding hydrogens is 316 g/mol. The van der Waals surface area contributed by atoms with Gasteiger partial charge >= 0.3 is 0 Å². The molecule has 0 aromatic carbocycles. The molecule has 124 valence electrons. The van der Waals surface area contributed by atoms with Crippen molar-refractivity contribution < 1.29 is 9.32 Å². The fourth-order valence-corrected chi connectivity index (χ4v) is 3.45. The molecule has 1 amide bonds. The Bertz CT molecular complexity index is 621. The quantitative estimate of drug-likeness (QED) is 0.853. The predicted molar refractivity (Wildman–Crippen MR) is 84.7 cm³/mol. The minimum atomic E-state index is 0.0652. The van der Waals surface area contributed by atoms with Gasteiger partial charge in [-0.1, -0.05) is 5.16 Å². The summed E-state index contributed by atoms with van der Waals surface area (Å²) in [5.41, 5.74) is 0. The van der Waals surface area contributed by atoms with Gasteiger partial charge in [0.2, 0.25) is 11.8 Å². The summed E-state index contributed by atoms with van der Waals surface area (Å²) in [6, 6.07) is 0.661. The first kappa shape index (κ1) is 16.0. The number of carbonyl (C=O) groups excluding carboxylic acids is 1. The van der Waals surface area contributed by atoms with E-state index in [-0.39, 0.29) is 11.9 Å². The molecule has 0 spiro atoms. The molecule has 1 aliphatic carbocycles. The van der Waals surface area contributed by atoms with E-state index in [2.05, 4.69) is 25.5 Å². The van der Waals surface area contributed by atoms with Crippen LogP contribution in [0.1, 0.15) is 43.4 Å². The summed E-state index contributed by atoms with van der Waals surface area (Å²) < 4.78 is 6.93. The predicted octanol–water partition coefficient (Wildman–Crippen LogP) is 1.50. The Hall–Kier alpha value is -1.90. The summed E-state index contributed by atoms with van der Waals surface area (Å²) >= 11 is 1.48. The van der Waals surface area contributed by atoms with Crippen LogP contribution in [0, 0.1) is 6.92 Å². The maximum absolute atomic E-state index is 12.0. The zero-order valence-electron chi connectivity index (χ0n) is 13.0. The smallest absolute Gasteiger partial charge is 0.236 e. The summed E-state index contributed by atoms with van der Waals surface area (Å²) in [6.07, 6.45) is 7.31. The van der Waals surface area contributed by atoms with Crippen molar-refractivity contribution in [2.24, 2.45) is 0 Å². The van der Waals surface area contributed by atoms with Crippen molar-refractivity contribution in [1.82, 2.24) is 30.2 Å². The van der Waals surface area contributed by atoms with Crippen LogP contribution in [0.3, 0.4) is 0 Å². The van der Waals surface area contributed by atoms with E-state index in [0.717, 1.165) is 25.7 Å². The molecule has 8 nitrogen and oxygen atoms in total. The molecule has 9 heteroatoms. The number of aryl methyl sites for hydroxylation is 1. The molecule has 2 aromatic rings. The second-order valence-corrected chi connectivity index (χ2v) is 6.66. The molecule has 1 aliphatic rings. The van der Waals surface area contributed by atoms with Gasteiger partial charge in [0.05, 0.1) is 17.5 Å². The van der Waals surface area contributed by atoms with Crippen LogP contribution in [0.4, 0.5) is 0 Å². The molecule has 2 heterocycles. The number of hydrogen-bond acceptors (Lipinski definition) is 7. The monoisotopic (exact) mass is 336 g/mol. The number of carbonyl (C=O) groups is 1. The Balaban J connectivity index is 1.34. The van der Waals surface area contributed by atoms with Gasteiger partial charge in [0.25, 0.3) is 0 Å². The van der Waals surface area contributed by atoms with Crippen molar-refractivity contribution in [2.45, 2.75) is 50.4 Å². The second-order valence-electron chi connectivity index (χ2n) is 5.68. The van der Waals surface area contributed by atoms with Gasteiger partial charge in [-0.3, -0.25) is 4.79 Å². The first-order chi connectivity index (χ1) is 11.2. The van der Waals surface area contributed by atoms with Gasteiger partial charge in [-0.15, -0.1) is 11.8 Å². The molecular formula is C14H20N6O2S. The average Bonchev–Trinajstić information content (AvgIpc) is 3.20. The van der Waals surface area contributed by atoms with E-state index in [1.54, 1.807) is 19.6 Å². The average molecular weight is 336 g/mol. The molecule has 23 heavy (non-hydrogen) atoms. The molecule has 0 aliphatic heterocycles. The molecule has 0 unspecified atom stereocenters. The summed E-state index contributed by atoms with van der Waals surface area (Å²) in [5.74, 6) is 2.22. The molecule has 2 aromatic heterocycles. The maximum Gasteiger partial charge on any atom is 0.236 e. The molecule has 0 bridgehead atoms. The van der Waals surface area contributed by atoms with Crippen molar-refractivity contribution in [3.63, 3.8) is 0 Å². The largest absolute Gasteiger partial charge is 0.353 e. The summed E-state index contributed by atoms with van der Waals surface area (Å²) in [6.45, 7) is 1.78. The molecule has 1 saturated carbocycles. The highest BCUT2D eigenvalue weighted by atomic mass is 32.2. The zero-order valence-corrected chi connectivity index (χ0v) is 13.8. The molecule has 0 atom stereocenters. The molecule has 1 fully saturated rings. The highest BCUT2D eigenvalue weighted by molar-refractivity contribution is 7.99. The van der Waals surface area contributed by atoms with Crippen LogP contribution in [-0.2, 0) is 10.5 Å². The second kappa shape index (κ2) is 7.58. The lowest BCUT2D eigenvalue weighted by atomic mass is 9.91. The van der Waals surface area contributed by atoms with Crippen LogP contribution >= 0.6 is 11.8 Å². The Morgan fingerprint density at radius 3 is 2.91 bits per heavy atom. The van der Waals surface area contributed by atoms with Gasteiger partial charge in [-0.2, -0.15) is 10.1 Å². The number of amides is 1. The Labute approximate surface area is 138 Å². The molecule has 0 saturated heterocycles. The number of hydrogen-bond donors (Lipinski definition) is 1. The van der Waals surface area contributed by atoms with Crippen molar-refractivity contribution in [3.8, 4) is 0 Å². The van der Waals surface area contributed by atoms with Gasteiger partial charge in [0, 0.05) is 6.04 Å². The fourth-order valence-electron chi connectivity index (χ4n) is 2.79. The number of thioether (sulfide) groups is 1. The lowest BCUT2D eigenvalue weighted by molar-refractivity contribution is -0.119. The van der Waals surface area contributed by atoms with Gasteiger partial charge in [0.1, 0.15) is 12.7 Å². The topological polar surface area (TPSA) is 98.7 Å². The molecule has 0 radical (unpaired) electrons. The zero-order chi connectivity index (χ0) is 16.1. The van der Waals surface area contributed by atoms with E-state index in [4.69, 9.17) is 4.52 Å². The van der Waals surface area contributed by atoms with Crippen LogP contribution in [0.15, 0.2) is 17.2 Å². The number of rotatable bonds is 6. The molecule has 1 N–H and O–H groups in total. The first-order valence-corrected chi connectivity index (χ1v) is 8.86. The van der Waals surface area contributed by atoms with Crippen LogP contribution in [0.5, 0.6) is 0 Å². The number of aromatic nitrogens is 5. The standard InChI is InChI=1S/C14H20N6O2S/c1-10-17-14(22-19-10)7-23-6-13(21)18-11-2-4-12(5-3-11)20-9-15-8-16-20/h8-9,11-12H,2-7H2,1H3,(H,18,21). The summed E-state index contributed by atoms with van der Waals surface area (Å²) in [5, 5.41) is 11.0. The van der Waals surface area contributed by atoms with Gasteiger partial charge in [-0.05, 0) is 32.6 Å². The van der Waals surface area contributed by atoms with Crippen LogP contribution < -0.4 is 5.32 Å². The van der Waals surface area contributed by atoms with Crippen molar-refractivity contribution >= 4 is 17.7 Å². The normalized spacial score (nSPS) is 21.3. The lowest BCUT2D eigenvalue weighted by Gasteiger charge is -2.28.